The highest BCUT2D eigenvalue weighted by Crippen LogP contribution is 2.22. The number of fused-ring (bicyclic) bond motifs is 1. The molecule has 0 amide bonds. The van der Waals surface area contributed by atoms with Gasteiger partial charge in [0, 0.05) is 11.9 Å². The molecule has 0 radical (unpaired) electrons. The minimum atomic E-state index is -0.739. The number of hydrogen-bond acceptors (Lipinski definition) is 6. The number of thiophene rings is 1. The van der Waals surface area contributed by atoms with Crippen LogP contribution in [0.25, 0.3) is 10.8 Å². The Hall–Kier alpha value is -2.51. The highest BCUT2D eigenvalue weighted by molar-refractivity contribution is 7.18. The Morgan fingerprint density at radius 2 is 1.89 bits per heavy atom. The van der Waals surface area contributed by atoms with E-state index >= 15 is 0 Å². The van der Waals surface area contributed by atoms with Crippen molar-refractivity contribution in [2.45, 2.75) is 32.7 Å². The number of nitrogens with zero attached hydrogens (tertiary/aromatic N) is 2. The zero-order valence-electron chi connectivity index (χ0n) is 15.3. The quantitative estimate of drug-likeness (QED) is 0.309. The van der Waals surface area contributed by atoms with Crippen LogP contribution in [-0.2, 0) is 11.3 Å². The molecule has 0 bridgehead atoms. The molecule has 0 saturated heterocycles. The van der Waals surface area contributed by atoms with Crippen molar-refractivity contribution >= 4 is 45.5 Å². The molecule has 146 valence electrons. The number of carbonyl (C=O) groups excluding carboxylic acids is 2. The minimum absolute atomic E-state index is 0.0312. The summed E-state index contributed by atoms with van der Waals surface area (Å²) in [5.74, 6) is -1.08. The third-order valence-electron chi connectivity index (χ3n) is 4.22. The van der Waals surface area contributed by atoms with Crippen LogP contribution in [0, 0.1) is 0 Å². The van der Waals surface area contributed by atoms with Gasteiger partial charge in [0.1, 0.15) is 0 Å². The molecule has 0 unspecified atom stereocenters. The third-order valence-corrected chi connectivity index (χ3v) is 5.49. The lowest BCUT2D eigenvalue weighted by Gasteiger charge is -2.10. The van der Waals surface area contributed by atoms with Crippen molar-refractivity contribution in [1.29, 1.82) is 0 Å². The van der Waals surface area contributed by atoms with Gasteiger partial charge in [0.15, 0.2) is 12.3 Å². The average molecular weight is 419 g/mol. The number of ether oxygens (including phenoxy) is 1. The number of halogens is 1. The van der Waals surface area contributed by atoms with Gasteiger partial charge in [-0.25, -0.2) is 9.48 Å². The van der Waals surface area contributed by atoms with E-state index in [0.717, 1.165) is 30.6 Å². The molecule has 8 heteroatoms. The maximum atomic E-state index is 12.6. The molecular formula is C20H19ClN2O4S. The van der Waals surface area contributed by atoms with Crippen molar-refractivity contribution in [2.75, 3.05) is 6.61 Å². The Labute approximate surface area is 170 Å². The summed E-state index contributed by atoms with van der Waals surface area (Å²) in [6, 6.07) is 9.97. The highest BCUT2D eigenvalue weighted by Gasteiger charge is 2.19. The van der Waals surface area contributed by atoms with Crippen molar-refractivity contribution in [1.82, 2.24) is 9.78 Å². The fourth-order valence-electron chi connectivity index (χ4n) is 2.78. The van der Waals surface area contributed by atoms with Gasteiger partial charge in [-0.1, -0.05) is 49.6 Å². The number of Topliss-reactive ketones (excluding diaryl/α,β-unsaturated/α-hetero) is 1. The minimum Gasteiger partial charge on any atom is -0.452 e. The van der Waals surface area contributed by atoms with Crippen LogP contribution < -0.4 is 5.56 Å². The van der Waals surface area contributed by atoms with E-state index in [9.17, 15) is 14.4 Å². The van der Waals surface area contributed by atoms with Crippen molar-refractivity contribution in [2.24, 2.45) is 0 Å². The largest absolute Gasteiger partial charge is 0.452 e. The van der Waals surface area contributed by atoms with E-state index in [0.29, 0.717) is 26.5 Å². The van der Waals surface area contributed by atoms with E-state index in [4.69, 9.17) is 16.3 Å². The number of ketones is 1. The molecule has 2 heterocycles. The number of benzene rings is 1. The molecular weight excluding hydrogens is 400 g/mol. The van der Waals surface area contributed by atoms with E-state index in [1.165, 1.54) is 4.68 Å². The van der Waals surface area contributed by atoms with Crippen LogP contribution in [0.3, 0.4) is 0 Å². The number of carbonyl (C=O) groups is 2. The first-order valence-corrected chi connectivity index (χ1v) is 10.2. The molecule has 0 aliphatic heterocycles. The summed E-state index contributed by atoms with van der Waals surface area (Å²) in [5, 5.41) is 5.04. The third kappa shape index (κ3) is 4.48. The summed E-state index contributed by atoms with van der Waals surface area (Å²) in [6.45, 7) is 2.07. The lowest BCUT2D eigenvalue weighted by molar-refractivity contribution is 0.0469. The van der Waals surface area contributed by atoms with E-state index in [-0.39, 0.29) is 17.0 Å². The molecule has 0 N–H and O–H groups in total. The summed E-state index contributed by atoms with van der Waals surface area (Å²) in [5.41, 5.74) is -0.212. The van der Waals surface area contributed by atoms with Gasteiger partial charge in [0.2, 0.25) is 5.78 Å². The van der Waals surface area contributed by atoms with Gasteiger partial charge < -0.3 is 4.74 Å². The molecule has 28 heavy (non-hydrogen) atoms. The number of aryl methyl sites for hydroxylation is 1. The number of esters is 1. The molecule has 1 aromatic carbocycles. The van der Waals surface area contributed by atoms with Crippen LogP contribution in [0.2, 0.25) is 4.34 Å². The lowest BCUT2D eigenvalue weighted by atomic mass is 10.1. The van der Waals surface area contributed by atoms with Gasteiger partial charge in [-0.05, 0) is 24.6 Å². The normalized spacial score (nSPS) is 10.9. The topological polar surface area (TPSA) is 78.3 Å². The lowest BCUT2D eigenvalue weighted by Crippen LogP contribution is -2.27. The second kappa shape index (κ2) is 9.12. The molecule has 0 aliphatic rings. The van der Waals surface area contributed by atoms with Gasteiger partial charge >= 0.3 is 5.97 Å². The Bertz CT molecular complexity index is 1070. The second-order valence-electron chi connectivity index (χ2n) is 6.23. The summed E-state index contributed by atoms with van der Waals surface area (Å²) in [4.78, 5) is 37.8. The molecule has 0 aliphatic carbocycles. The number of rotatable bonds is 8. The predicted octanol–water partition coefficient (Wildman–Crippen LogP) is 4.34. The van der Waals surface area contributed by atoms with Gasteiger partial charge in [-0.2, -0.15) is 5.10 Å². The number of aromatic nitrogens is 2. The zero-order valence-corrected chi connectivity index (χ0v) is 16.9. The van der Waals surface area contributed by atoms with Crippen LogP contribution in [0.1, 0.15) is 46.3 Å². The zero-order chi connectivity index (χ0) is 20.1. The molecule has 3 aromatic rings. The summed E-state index contributed by atoms with van der Waals surface area (Å²) in [6.07, 6.45) is 2.75. The molecule has 0 atom stereocenters. The molecule has 0 fully saturated rings. The Kier molecular flexibility index (Phi) is 6.59. The Balaban J connectivity index is 1.85. The highest BCUT2D eigenvalue weighted by atomic mass is 35.5. The standard InChI is InChI=1S/C20H19ClN2O4S/c1-2-3-6-11-23-19(25)14-8-5-4-7-13(14)18(22-23)20(26)27-12-15(24)16-9-10-17(21)28-16/h4-5,7-10H,2-3,6,11-12H2,1H3. The first-order chi connectivity index (χ1) is 13.5. The fraction of sp³-hybridized carbons (Fsp3) is 0.300. The van der Waals surface area contributed by atoms with Crippen molar-refractivity contribution in [3.63, 3.8) is 0 Å². The smallest absolute Gasteiger partial charge is 0.359 e. The second-order valence-corrected chi connectivity index (χ2v) is 7.95. The molecule has 2 aromatic heterocycles. The molecule has 6 nitrogen and oxygen atoms in total. The summed E-state index contributed by atoms with van der Waals surface area (Å²) in [7, 11) is 0. The SMILES string of the molecule is CCCCCn1nc(C(=O)OCC(=O)c2ccc(Cl)s2)c2ccccc2c1=O. The van der Waals surface area contributed by atoms with E-state index in [1.54, 1.807) is 36.4 Å². The van der Waals surface area contributed by atoms with Crippen LogP contribution >= 0.6 is 22.9 Å². The molecule has 0 saturated carbocycles. The first kappa shape index (κ1) is 20.2. The van der Waals surface area contributed by atoms with Crippen molar-refractivity contribution in [3.8, 4) is 0 Å². The monoisotopic (exact) mass is 418 g/mol. The molecule has 0 spiro atoms. The summed E-state index contributed by atoms with van der Waals surface area (Å²) < 4.78 is 6.97. The van der Waals surface area contributed by atoms with Gasteiger partial charge in [0.05, 0.1) is 14.6 Å². The van der Waals surface area contributed by atoms with Crippen LogP contribution in [-0.4, -0.2) is 28.1 Å². The van der Waals surface area contributed by atoms with Gasteiger partial charge in [0.25, 0.3) is 5.56 Å². The maximum absolute atomic E-state index is 12.6. The predicted molar refractivity (Wildman–Crippen MR) is 109 cm³/mol. The Morgan fingerprint density at radius 1 is 1.14 bits per heavy atom. The fourth-order valence-corrected chi connectivity index (χ4v) is 3.75. The van der Waals surface area contributed by atoms with Crippen LogP contribution in [0.15, 0.2) is 41.2 Å². The van der Waals surface area contributed by atoms with Crippen molar-refractivity contribution < 1.29 is 14.3 Å². The average Bonchev–Trinajstić information content (AvgIpc) is 3.14. The number of unbranched alkanes of at least 4 members (excludes halogenated alkanes) is 2. The van der Waals surface area contributed by atoms with Crippen molar-refractivity contribution in [3.05, 3.63) is 61.7 Å². The van der Waals surface area contributed by atoms with E-state index < -0.39 is 12.6 Å². The van der Waals surface area contributed by atoms with Gasteiger partial charge in [-0.15, -0.1) is 11.3 Å². The first-order valence-electron chi connectivity index (χ1n) is 8.96. The van der Waals surface area contributed by atoms with E-state index in [1.807, 2.05) is 0 Å². The van der Waals surface area contributed by atoms with Crippen LogP contribution in [0.5, 0.6) is 0 Å². The Morgan fingerprint density at radius 3 is 2.57 bits per heavy atom. The maximum Gasteiger partial charge on any atom is 0.359 e. The van der Waals surface area contributed by atoms with Crippen LogP contribution in [0.4, 0.5) is 0 Å². The van der Waals surface area contributed by atoms with Gasteiger partial charge in [-0.3, -0.25) is 9.59 Å². The number of hydrogen-bond donors (Lipinski definition) is 0. The van der Waals surface area contributed by atoms with E-state index in [2.05, 4.69) is 12.0 Å². The molecule has 3 rings (SSSR count). The summed E-state index contributed by atoms with van der Waals surface area (Å²) >= 11 is 6.95.